The third-order valence-electron chi connectivity index (χ3n) is 1.90. The lowest BCUT2D eigenvalue weighted by Crippen LogP contribution is -2.27. The highest BCUT2D eigenvalue weighted by Crippen LogP contribution is 2.11. The Labute approximate surface area is 82.1 Å². The van der Waals surface area contributed by atoms with E-state index in [1.807, 2.05) is 12.3 Å². The third kappa shape index (κ3) is 3.42. The van der Waals surface area contributed by atoms with Gasteiger partial charge >= 0.3 is 0 Å². The van der Waals surface area contributed by atoms with Crippen molar-refractivity contribution >= 4 is 11.3 Å². The van der Waals surface area contributed by atoms with E-state index in [-0.39, 0.29) is 0 Å². The molecule has 0 aromatic carbocycles. The van der Waals surface area contributed by atoms with Crippen LogP contribution in [0, 0.1) is 0 Å². The van der Waals surface area contributed by atoms with Crippen molar-refractivity contribution in [2.75, 3.05) is 0 Å². The SMILES string of the molecule is CCCC(O)C(O)Cc1nccs1. The first-order valence-corrected chi connectivity index (χ1v) is 5.36. The second-order valence-electron chi connectivity index (χ2n) is 3.05. The first-order valence-electron chi connectivity index (χ1n) is 4.48. The van der Waals surface area contributed by atoms with Gasteiger partial charge in [0.05, 0.1) is 17.2 Å². The Balaban J connectivity index is 2.36. The van der Waals surface area contributed by atoms with E-state index < -0.39 is 12.2 Å². The van der Waals surface area contributed by atoms with Crippen LogP contribution in [0.4, 0.5) is 0 Å². The van der Waals surface area contributed by atoms with Gasteiger partial charge in [-0.05, 0) is 6.42 Å². The number of rotatable bonds is 5. The number of hydrogen-bond donors (Lipinski definition) is 2. The van der Waals surface area contributed by atoms with Gasteiger partial charge in [-0.2, -0.15) is 0 Å². The van der Waals surface area contributed by atoms with E-state index in [0.29, 0.717) is 12.8 Å². The zero-order valence-electron chi connectivity index (χ0n) is 7.68. The summed E-state index contributed by atoms with van der Waals surface area (Å²) < 4.78 is 0. The number of nitrogens with zero attached hydrogens (tertiary/aromatic N) is 1. The van der Waals surface area contributed by atoms with Crippen LogP contribution in [-0.2, 0) is 6.42 Å². The standard InChI is InChI=1S/C9H15NO2S/c1-2-3-7(11)8(12)6-9-10-4-5-13-9/h4-5,7-8,11-12H,2-3,6H2,1H3. The molecule has 1 heterocycles. The molecule has 1 aromatic heterocycles. The lowest BCUT2D eigenvalue weighted by atomic mass is 10.1. The van der Waals surface area contributed by atoms with E-state index in [1.165, 1.54) is 11.3 Å². The summed E-state index contributed by atoms with van der Waals surface area (Å²) in [6.45, 7) is 1.99. The van der Waals surface area contributed by atoms with E-state index in [9.17, 15) is 10.2 Å². The molecule has 0 amide bonds. The summed E-state index contributed by atoms with van der Waals surface area (Å²) in [7, 11) is 0. The lowest BCUT2D eigenvalue weighted by Gasteiger charge is -2.15. The largest absolute Gasteiger partial charge is 0.390 e. The summed E-state index contributed by atoms with van der Waals surface area (Å²) in [5, 5.41) is 21.7. The van der Waals surface area contributed by atoms with Gasteiger partial charge < -0.3 is 10.2 Å². The molecule has 1 aromatic rings. The van der Waals surface area contributed by atoms with Crippen LogP contribution >= 0.6 is 11.3 Å². The monoisotopic (exact) mass is 201 g/mol. The molecule has 1 rings (SSSR count). The molecule has 0 saturated heterocycles. The van der Waals surface area contributed by atoms with Crippen LogP contribution in [0.1, 0.15) is 24.8 Å². The fraction of sp³-hybridized carbons (Fsp3) is 0.667. The molecule has 0 fully saturated rings. The Hall–Kier alpha value is -0.450. The summed E-state index contributed by atoms with van der Waals surface area (Å²) in [5.41, 5.74) is 0. The first-order chi connectivity index (χ1) is 6.24. The maximum absolute atomic E-state index is 9.54. The number of hydrogen-bond acceptors (Lipinski definition) is 4. The van der Waals surface area contributed by atoms with Crippen molar-refractivity contribution in [3.63, 3.8) is 0 Å². The van der Waals surface area contributed by atoms with Gasteiger partial charge in [0, 0.05) is 18.0 Å². The smallest absolute Gasteiger partial charge is 0.0951 e. The predicted octanol–water partition coefficient (Wildman–Crippen LogP) is 1.21. The van der Waals surface area contributed by atoms with Crippen LogP contribution in [0.15, 0.2) is 11.6 Å². The van der Waals surface area contributed by atoms with Crippen LogP contribution in [-0.4, -0.2) is 27.4 Å². The molecular formula is C9H15NO2S. The van der Waals surface area contributed by atoms with Crippen molar-refractivity contribution in [3.8, 4) is 0 Å². The maximum atomic E-state index is 9.54. The van der Waals surface area contributed by atoms with Crippen molar-refractivity contribution in [1.82, 2.24) is 4.98 Å². The fourth-order valence-electron chi connectivity index (χ4n) is 1.16. The molecule has 0 aliphatic carbocycles. The molecular weight excluding hydrogens is 186 g/mol. The molecule has 0 spiro atoms. The van der Waals surface area contributed by atoms with Gasteiger partial charge in [-0.1, -0.05) is 13.3 Å². The van der Waals surface area contributed by atoms with Gasteiger partial charge in [-0.15, -0.1) is 11.3 Å². The van der Waals surface area contributed by atoms with Crippen molar-refractivity contribution < 1.29 is 10.2 Å². The quantitative estimate of drug-likeness (QED) is 0.753. The highest BCUT2D eigenvalue weighted by Gasteiger charge is 2.16. The van der Waals surface area contributed by atoms with Gasteiger partial charge in [0.15, 0.2) is 0 Å². The van der Waals surface area contributed by atoms with Gasteiger partial charge in [0.25, 0.3) is 0 Å². The zero-order valence-corrected chi connectivity index (χ0v) is 8.50. The Bertz CT molecular complexity index is 226. The van der Waals surface area contributed by atoms with Crippen LogP contribution < -0.4 is 0 Å². The molecule has 4 heteroatoms. The molecule has 3 nitrogen and oxygen atoms in total. The van der Waals surface area contributed by atoms with Crippen molar-refractivity contribution in [3.05, 3.63) is 16.6 Å². The van der Waals surface area contributed by atoms with Crippen LogP contribution in [0.3, 0.4) is 0 Å². The zero-order chi connectivity index (χ0) is 9.68. The van der Waals surface area contributed by atoms with E-state index >= 15 is 0 Å². The van der Waals surface area contributed by atoms with Crippen molar-refractivity contribution in [1.29, 1.82) is 0 Å². The van der Waals surface area contributed by atoms with E-state index in [2.05, 4.69) is 4.98 Å². The minimum absolute atomic E-state index is 0.457. The topological polar surface area (TPSA) is 53.4 Å². The Kier molecular flexibility index (Phi) is 4.35. The minimum atomic E-state index is -0.675. The average Bonchev–Trinajstić information content (AvgIpc) is 2.57. The Morgan fingerprint density at radius 2 is 2.23 bits per heavy atom. The normalized spacial score (nSPS) is 15.6. The molecule has 0 saturated carbocycles. The number of thiazole rings is 1. The lowest BCUT2D eigenvalue weighted by molar-refractivity contribution is 0.0148. The van der Waals surface area contributed by atoms with Crippen LogP contribution in [0.5, 0.6) is 0 Å². The molecule has 0 aliphatic rings. The summed E-state index contributed by atoms with van der Waals surface area (Å²) in [5.74, 6) is 0. The maximum Gasteiger partial charge on any atom is 0.0951 e. The van der Waals surface area contributed by atoms with Gasteiger partial charge in [0.1, 0.15) is 0 Å². The van der Waals surface area contributed by atoms with Crippen molar-refractivity contribution in [2.24, 2.45) is 0 Å². The van der Waals surface area contributed by atoms with E-state index in [1.54, 1.807) is 6.20 Å². The van der Waals surface area contributed by atoms with Crippen molar-refractivity contribution in [2.45, 2.75) is 38.4 Å². The molecule has 2 unspecified atom stereocenters. The first kappa shape index (κ1) is 10.6. The third-order valence-corrected chi connectivity index (χ3v) is 2.70. The van der Waals surface area contributed by atoms with Gasteiger partial charge in [0.2, 0.25) is 0 Å². The highest BCUT2D eigenvalue weighted by atomic mass is 32.1. The fourth-order valence-corrected chi connectivity index (χ4v) is 1.82. The van der Waals surface area contributed by atoms with Crippen LogP contribution in [0.25, 0.3) is 0 Å². The molecule has 13 heavy (non-hydrogen) atoms. The molecule has 0 bridgehead atoms. The van der Waals surface area contributed by atoms with E-state index in [4.69, 9.17) is 0 Å². The molecule has 0 radical (unpaired) electrons. The van der Waals surface area contributed by atoms with E-state index in [0.717, 1.165) is 11.4 Å². The number of aromatic nitrogens is 1. The second kappa shape index (κ2) is 5.32. The average molecular weight is 201 g/mol. The summed E-state index contributed by atoms with van der Waals surface area (Å²) in [6.07, 6.45) is 2.40. The minimum Gasteiger partial charge on any atom is -0.390 e. The number of aliphatic hydroxyl groups excluding tert-OH is 2. The molecule has 74 valence electrons. The second-order valence-corrected chi connectivity index (χ2v) is 4.03. The van der Waals surface area contributed by atoms with Gasteiger partial charge in [-0.25, -0.2) is 4.98 Å². The van der Waals surface area contributed by atoms with Gasteiger partial charge in [-0.3, -0.25) is 0 Å². The summed E-state index contributed by atoms with van der Waals surface area (Å²) >= 11 is 1.50. The summed E-state index contributed by atoms with van der Waals surface area (Å²) in [4.78, 5) is 4.05. The highest BCUT2D eigenvalue weighted by molar-refractivity contribution is 7.09. The predicted molar refractivity (Wildman–Crippen MR) is 52.7 cm³/mol. The number of aliphatic hydroxyl groups is 2. The molecule has 2 atom stereocenters. The van der Waals surface area contributed by atoms with Crippen LogP contribution in [0.2, 0.25) is 0 Å². The summed E-state index contributed by atoms with van der Waals surface area (Å²) in [6, 6.07) is 0. The Morgan fingerprint density at radius 3 is 2.77 bits per heavy atom. The molecule has 0 aliphatic heterocycles. The molecule has 2 N–H and O–H groups in total. The Morgan fingerprint density at radius 1 is 1.46 bits per heavy atom.